The largest absolute Gasteiger partial charge is 0.366 e. The molecule has 0 fully saturated rings. The molecule has 0 aliphatic carbocycles. The van der Waals surface area contributed by atoms with E-state index in [4.69, 9.17) is 10.7 Å². The summed E-state index contributed by atoms with van der Waals surface area (Å²) in [6, 6.07) is 11.7. The first-order chi connectivity index (χ1) is 13.4. The van der Waals surface area contributed by atoms with Crippen LogP contribution in [0.2, 0.25) is 0 Å². The number of rotatable bonds is 4. The minimum atomic E-state index is -0.446. The lowest BCUT2D eigenvalue weighted by molar-refractivity contribution is -0.112. The van der Waals surface area contributed by atoms with Crippen molar-refractivity contribution in [2.45, 2.75) is 6.54 Å². The third-order valence-corrected chi connectivity index (χ3v) is 5.47. The van der Waals surface area contributed by atoms with Gasteiger partial charge in [-0.25, -0.2) is 9.98 Å². The summed E-state index contributed by atoms with van der Waals surface area (Å²) in [6.45, 7) is 1.31. The Morgan fingerprint density at radius 1 is 1.28 bits per heavy atom. The predicted octanol–water partition coefficient (Wildman–Crippen LogP) is 3.87. The molecule has 0 saturated heterocycles. The third-order valence-electron chi connectivity index (χ3n) is 4.73. The SMILES string of the molecule is CN(C)C/C=C(/C(N)=O)c1ccc2c(c1)C1=Nc3cccc(Br)c3CN1C=N2.Cl. The van der Waals surface area contributed by atoms with Crippen LogP contribution in [0.25, 0.3) is 5.57 Å². The Morgan fingerprint density at radius 2 is 2.07 bits per heavy atom. The number of amidine groups is 1. The molecule has 2 N–H and O–H groups in total. The van der Waals surface area contributed by atoms with Crippen molar-refractivity contribution < 1.29 is 4.79 Å². The van der Waals surface area contributed by atoms with E-state index in [2.05, 4.69) is 20.9 Å². The first-order valence-electron chi connectivity index (χ1n) is 8.90. The first kappa shape index (κ1) is 21.2. The molecule has 8 heteroatoms. The van der Waals surface area contributed by atoms with Crippen molar-refractivity contribution in [2.24, 2.45) is 15.7 Å². The number of hydrogen-bond donors (Lipinski definition) is 1. The number of aliphatic imine (C=N–C) groups is 2. The van der Waals surface area contributed by atoms with Gasteiger partial charge < -0.3 is 15.5 Å². The van der Waals surface area contributed by atoms with E-state index in [0.29, 0.717) is 18.7 Å². The van der Waals surface area contributed by atoms with Crippen molar-refractivity contribution >= 4 is 63.4 Å². The van der Waals surface area contributed by atoms with E-state index in [0.717, 1.165) is 38.4 Å². The van der Waals surface area contributed by atoms with Gasteiger partial charge in [-0.05, 0) is 43.9 Å². The molecule has 0 spiro atoms. The Balaban J connectivity index is 0.00000240. The zero-order valence-electron chi connectivity index (χ0n) is 16.1. The van der Waals surface area contributed by atoms with Gasteiger partial charge in [0.1, 0.15) is 5.84 Å². The van der Waals surface area contributed by atoms with E-state index in [1.165, 1.54) is 0 Å². The quantitative estimate of drug-likeness (QED) is 0.684. The maximum absolute atomic E-state index is 12.0. The van der Waals surface area contributed by atoms with Crippen LogP contribution in [-0.2, 0) is 11.3 Å². The Labute approximate surface area is 184 Å². The summed E-state index contributed by atoms with van der Waals surface area (Å²) < 4.78 is 1.03. The van der Waals surface area contributed by atoms with Gasteiger partial charge in [0.15, 0.2) is 0 Å². The summed E-state index contributed by atoms with van der Waals surface area (Å²) in [5, 5.41) is 0. The number of primary amides is 1. The number of nitrogens with two attached hydrogens (primary N) is 1. The maximum Gasteiger partial charge on any atom is 0.249 e. The molecule has 29 heavy (non-hydrogen) atoms. The van der Waals surface area contributed by atoms with E-state index in [9.17, 15) is 4.79 Å². The number of fused-ring (bicyclic) bond motifs is 4. The second-order valence-electron chi connectivity index (χ2n) is 7.02. The van der Waals surface area contributed by atoms with Crippen molar-refractivity contribution in [1.82, 2.24) is 9.80 Å². The molecule has 1 amide bonds. The van der Waals surface area contributed by atoms with E-state index in [1.54, 1.807) is 6.34 Å². The van der Waals surface area contributed by atoms with Crippen LogP contribution in [-0.4, -0.2) is 48.5 Å². The molecule has 0 saturated carbocycles. The van der Waals surface area contributed by atoms with Gasteiger partial charge in [0, 0.05) is 27.7 Å². The third kappa shape index (κ3) is 4.12. The number of nitrogens with zero attached hydrogens (tertiary/aromatic N) is 4. The fourth-order valence-corrected chi connectivity index (χ4v) is 3.79. The van der Waals surface area contributed by atoms with Gasteiger partial charge in [0.2, 0.25) is 5.91 Å². The van der Waals surface area contributed by atoms with Crippen LogP contribution >= 0.6 is 28.3 Å². The van der Waals surface area contributed by atoms with Crippen LogP contribution in [0.5, 0.6) is 0 Å². The molecular weight excluding hydrogens is 454 g/mol. The number of likely N-dealkylation sites (N-methyl/N-ethyl adjacent to an activating group) is 1. The number of hydrogen-bond acceptors (Lipinski definition) is 5. The Kier molecular flexibility index (Phi) is 6.21. The normalized spacial score (nSPS) is 14.6. The number of halogens is 2. The smallest absolute Gasteiger partial charge is 0.249 e. The molecule has 0 unspecified atom stereocenters. The van der Waals surface area contributed by atoms with Gasteiger partial charge >= 0.3 is 0 Å². The van der Waals surface area contributed by atoms with Crippen molar-refractivity contribution in [3.05, 3.63) is 63.6 Å². The molecule has 0 aromatic heterocycles. The van der Waals surface area contributed by atoms with Crippen molar-refractivity contribution in [3.63, 3.8) is 0 Å². The molecule has 2 aliphatic heterocycles. The molecule has 2 heterocycles. The predicted molar refractivity (Wildman–Crippen MR) is 123 cm³/mol. The van der Waals surface area contributed by atoms with Gasteiger partial charge in [0.05, 0.1) is 24.3 Å². The second-order valence-corrected chi connectivity index (χ2v) is 7.88. The van der Waals surface area contributed by atoms with E-state index in [-0.39, 0.29) is 12.4 Å². The Morgan fingerprint density at radius 3 is 2.79 bits per heavy atom. The number of amides is 1. The summed E-state index contributed by atoms with van der Waals surface area (Å²) in [5.74, 6) is 0.381. The zero-order valence-corrected chi connectivity index (χ0v) is 18.5. The summed E-state index contributed by atoms with van der Waals surface area (Å²) in [6.07, 6.45) is 3.66. The average molecular weight is 475 g/mol. The van der Waals surface area contributed by atoms with Crippen LogP contribution in [0, 0.1) is 0 Å². The summed E-state index contributed by atoms with van der Waals surface area (Å²) in [4.78, 5) is 25.5. The van der Waals surface area contributed by atoms with Gasteiger partial charge in [-0.3, -0.25) is 4.79 Å². The first-order valence-corrected chi connectivity index (χ1v) is 9.70. The van der Waals surface area contributed by atoms with Crippen LogP contribution in [0.3, 0.4) is 0 Å². The topological polar surface area (TPSA) is 74.3 Å². The summed E-state index contributed by atoms with van der Waals surface area (Å²) >= 11 is 3.60. The number of carbonyl (C=O) groups is 1. The molecule has 0 bridgehead atoms. The van der Waals surface area contributed by atoms with Gasteiger partial charge in [0.25, 0.3) is 0 Å². The van der Waals surface area contributed by atoms with Crippen LogP contribution in [0.4, 0.5) is 11.4 Å². The van der Waals surface area contributed by atoms with Crippen LogP contribution < -0.4 is 5.73 Å². The standard InChI is InChI=1S/C21H20BrN5O.ClH/c1-26(2)9-8-14(20(23)28)13-6-7-18-15(10-13)21-25-19-5-3-4-17(22)16(19)11-27(21)12-24-18;/h3-8,10,12H,9,11H2,1-2H3,(H2,23,28);1H/b14-8+;. The highest BCUT2D eigenvalue weighted by atomic mass is 79.9. The van der Waals surface area contributed by atoms with E-state index < -0.39 is 5.91 Å². The lowest BCUT2D eigenvalue weighted by Crippen LogP contribution is -2.34. The lowest BCUT2D eigenvalue weighted by atomic mass is 9.98. The highest BCUT2D eigenvalue weighted by Crippen LogP contribution is 2.37. The lowest BCUT2D eigenvalue weighted by Gasteiger charge is -2.31. The van der Waals surface area contributed by atoms with Gasteiger partial charge in [-0.2, -0.15) is 0 Å². The van der Waals surface area contributed by atoms with Crippen LogP contribution in [0.1, 0.15) is 16.7 Å². The second kappa shape index (κ2) is 8.49. The monoisotopic (exact) mass is 473 g/mol. The molecule has 0 atom stereocenters. The van der Waals surface area contributed by atoms with Crippen molar-refractivity contribution in [2.75, 3.05) is 20.6 Å². The molecule has 0 radical (unpaired) electrons. The molecule has 150 valence electrons. The van der Waals surface area contributed by atoms with Gasteiger partial charge in [-0.1, -0.05) is 34.1 Å². The molecule has 6 nitrogen and oxygen atoms in total. The Hall–Kier alpha value is -2.48. The molecule has 2 aliphatic rings. The fraction of sp³-hybridized carbons (Fsp3) is 0.190. The number of benzene rings is 2. The van der Waals surface area contributed by atoms with Gasteiger partial charge in [-0.15, -0.1) is 12.4 Å². The van der Waals surface area contributed by atoms with E-state index >= 15 is 0 Å². The van der Waals surface area contributed by atoms with E-state index in [1.807, 2.05) is 66.4 Å². The Bertz CT molecular complexity index is 1060. The highest BCUT2D eigenvalue weighted by Gasteiger charge is 2.26. The van der Waals surface area contributed by atoms with Crippen molar-refractivity contribution in [1.29, 1.82) is 0 Å². The van der Waals surface area contributed by atoms with Crippen LogP contribution in [0.15, 0.2) is 56.9 Å². The minimum absolute atomic E-state index is 0. The minimum Gasteiger partial charge on any atom is -0.366 e. The van der Waals surface area contributed by atoms with Crippen molar-refractivity contribution in [3.8, 4) is 0 Å². The fourth-order valence-electron chi connectivity index (χ4n) is 3.30. The average Bonchev–Trinajstić information content (AvgIpc) is 2.66. The molecule has 4 rings (SSSR count). The highest BCUT2D eigenvalue weighted by molar-refractivity contribution is 9.10. The maximum atomic E-state index is 12.0. The number of carbonyl (C=O) groups excluding carboxylic acids is 1. The summed E-state index contributed by atoms with van der Waals surface area (Å²) in [7, 11) is 3.89. The summed E-state index contributed by atoms with van der Waals surface area (Å²) in [5.41, 5.74) is 10.7. The molecule has 2 aromatic carbocycles. The molecule has 2 aromatic rings. The zero-order chi connectivity index (χ0) is 19.8. The molecular formula is C21H21BrClN5O.